The van der Waals surface area contributed by atoms with Crippen LogP contribution in [0.2, 0.25) is 0 Å². The fraction of sp³-hybridized carbons (Fsp3) is 0.118. The molecule has 0 spiro atoms. The number of hydrogen-bond donors (Lipinski definition) is 1. The zero-order valence-electron chi connectivity index (χ0n) is 12.0. The molecule has 2 aromatic rings. The van der Waals surface area contributed by atoms with Gasteiger partial charge in [-0.15, -0.1) is 0 Å². The van der Waals surface area contributed by atoms with E-state index in [4.69, 9.17) is 5.11 Å². The Balaban J connectivity index is 1.94. The lowest BCUT2D eigenvalue weighted by atomic mass is 10.1. The van der Waals surface area contributed by atoms with Crippen LogP contribution in [0.1, 0.15) is 12.5 Å². The second-order valence-electron chi connectivity index (χ2n) is 5.08. The van der Waals surface area contributed by atoms with Gasteiger partial charge in [0.05, 0.1) is 0 Å². The Hall–Kier alpha value is -2.95. The predicted molar refractivity (Wildman–Crippen MR) is 84.4 cm³/mol. The highest BCUT2D eigenvalue weighted by Crippen LogP contribution is 2.21. The van der Waals surface area contributed by atoms with Crippen LogP contribution in [0.4, 0.5) is 0 Å². The number of nitrogens with zero attached hydrogens (tertiary/aromatic N) is 2. The van der Waals surface area contributed by atoms with Crippen LogP contribution < -0.4 is 0 Å². The van der Waals surface area contributed by atoms with Crippen LogP contribution >= 0.6 is 0 Å². The molecule has 1 heterocycles. The van der Waals surface area contributed by atoms with E-state index in [1.54, 1.807) is 13.0 Å². The van der Waals surface area contributed by atoms with Crippen molar-refractivity contribution >= 4 is 34.6 Å². The van der Waals surface area contributed by atoms with Crippen LogP contribution in [-0.2, 0) is 9.59 Å². The van der Waals surface area contributed by atoms with Crippen molar-refractivity contribution in [2.45, 2.75) is 6.92 Å². The Kier molecular flexibility index (Phi) is 3.47. The first-order valence-corrected chi connectivity index (χ1v) is 6.84. The average molecular weight is 294 g/mol. The molecule has 1 aliphatic rings. The summed E-state index contributed by atoms with van der Waals surface area (Å²) < 4.78 is 0. The molecule has 0 aromatic heterocycles. The number of amides is 1. The van der Waals surface area contributed by atoms with Gasteiger partial charge in [0, 0.05) is 0 Å². The number of carbonyl (C=O) groups is 2. The number of rotatable bonds is 3. The van der Waals surface area contributed by atoms with Crippen LogP contribution in [0.5, 0.6) is 0 Å². The third-order valence-corrected chi connectivity index (χ3v) is 3.51. The number of carboxylic acids is 1. The molecular weight excluding hydrogens is 280 g/mol. The first-order chi connectivity index (χ1) is 10.5. The second kappa shape index (κ2) is 5.44. The fourth-order valence-corrected chi connectivity index (χ4v) is 2.44. The highest BCUT2D eigenvalue weighted by molar-refractivity contribution is 6.14. The van der Waals surface area contributed by atoms with Gasteiger partial charge in [-0.2, -0.15) is 0 Å². The third kappa shape index (κ3) is 2.61. The van der Waals surface area contributed by atoms with Gasteiger partial charge in [0.15, 0.2) is 0 Å². The lowest BCUT2D eigenvalue weighted by Gasteiger charge is -2.12. The number of hydrogen-bond acceptors (Lipinski definition) is 3. The molecule has 2 aromatic carbocycles. The number of aliphatic imine (C=N–C) groups is 1. The zero-order chi connectivity index (χ0) is 15.7. The number of carboxylic acid groups (broad SMARTS) is 1. The van der Waals surface area contributed by atoms with Gasteiger partial charge in [0.1, 0.15) is 18.1 Å². The summed E-state index contributed by atoms with van der Waals surface area (Å²) in [5.41, 5.74) is 1.12. The molecule has 0 bridgehead atoms. The molecule has 0 unspecified atom stereocenters. The van der Waals surface area contributed by atoms with Crippen molar-refractivity contribution in [3.63, 3.8) is 0 Å². The second-order valence-corrected chi connectivity index (χ2v) is 5.08. The molecule has 22 heavy (non-hydrogen) atoms. The summed E-state index contributed by atoms with van der Waals surface area (Å²) in [4.78, 5) is 28.3. The first kappa shape index (κ1) is 14.0. The van der Waals surface area contributed by atoms with Gasteiger partial charge in [0.25, 0.3) is 5.91 Å². The maximum absolute atomic E-state index is 12.2. The number of amidine groups is 1. The van der Waals surface area contributed by atoms with E-state index in [-0.39, 0.29) is 18.1 Å². The Morgan fingerprint density at radius 1 is 1.23 bits per heavy atom. The normalized spacial score (nSPS) is 16.4. The van der Waals surface area contributed by atoms with Gasteiger partial charge in [-0.05, 0) is 35.4 Å². The average Bonchev–Trinajstić information content (AvgIpc) is 2.74. The van der Waals surface area contributed by atoms with Gasteiger partial charge in [0.2, 0.25) is 0 Å². The molecule has 1 N–H and O–H groups in total. The van der Waals surface area contributed by atoms with E-state index in [1.807, 2.05) is 42.5 Å². The maximum Gasteiger partial charge on any atom is 0.323 e. The van der Waals surface area contributed by atoms with Crippen molar-refractivity contribution in [1.82, 2.24) is 4.90 Å². The zero-order valence-corrected chi connectivity index (χ0v) is 12.0. The minimum atomic E-state index is -1.06. The van der Waals surface area contributed by atoms with Crippen molar-refractivity contribution < 1.29 is 14.7 Å². The smallest absolute Gasteiger partial charge is 0.323 e. The molecule has 0 aliphatic carbocycles. The number of benzene rings is 2. The number of carbonyl (C=O) groups excluding carboxylic acids is 1. The van der Waals surface area contributed by atoms with Gasteiger partial charge < -0.3 is 5.11 Å². The van der Waals surface area contributed by atoms with Gasteiger partial charge in [-0.1, -0.05) is 36.4 Å². The molecule has 110 valence electrons. The number of fused-ring (bicyclic) bond motifs is 1. The van der Waals surface area contributed by atoms with Crippen LogP contribution in [0.15, 0.2) is 53.2 Å². The predicted octanol–water partition coefficient (Wildman–Crippen LogP) is 2.53. The molecular formula is C17H14N2O3. The topological polar surface area (TPSA) is 70.0 Å². The summed E-state index contributed by atoms with van der Waals surface area (Å²) in [5.74, 6) is -1.04. The van der Waals surface area contributed by atoms with Crippen LogP contribution in [0.25, 0.3) is 16.8 Å². The quantitative estimate of drug-likeness (QED) is 0.884. The summed E-state index contributed by atoms with van der Waals surface area (Å²) in [5, 5.41) is 11.0. The molecule has 5 nitrogen and oxygen atoms in total. The van der Waals surface area contributed by atoms with Gasteiger partial charge in [-0.25, -0.2) is 4.99 Å². The Labute approximate surface area is 127 Å². The van der Waals surface area contributed by atoms with Crippen molar-refractivity contribution in [2.24, 2.45) is 4.99 Å². The minimum absolute atomic E-state index is 0.258. The summed E-state index contributed by atoms with van der Waals surface area (Å²) >= 11 is 0. The summed E-state index contributed by atoms with van der Waals surface area (Å²) in [7, 11) is 0. The van der Waals surface area contributed by atoms with E-state index < -0.39 is 5.97 Å². The maximum atomic E-state index is 12.2. The highest BCUT2D eigenvalue weighted by Gasteiger charge is 2.28. The Morgan fingerprint density at radius 3 is 2.68 bits per heavy atom. The van der Waals surface area contributed by atoms with Crippen molar-refractivity contribution in [3.05, 3.63) is 53.7 Å². The molecule has 0 saturated heterocycles. The summed E-state index contributed by atoms with van der Waals surface area (Å²) in [6.45, 7) is 1.26. The van der Waals surface area contributed by atoms with E-state index in [0.717, 1.165) is 21.2 Å². The Bertz CT molecular complexity index is 837. The van der Waals surface area contributed by atoms with E-state index in [2.05, 4.69) is 4.99 Å². The van der Waals surface area contributed by atoms with Crippen LogP contribution in [-0.4, -0.2) is 34.3 Å². The largest absolute Gasteiger partial charge is 0.480 e. The molecule has 1 amide bonds. The Morgan fingerprint density at radius 2 is 1.95 bits per heavy atom. The van der Waals surface area contributed by atoms with Crippen molar-refractivity contribution in [3.8, 4) is 0 Å². The van der Waals surface area contributed by atoms with E-state index >= 15 is 0 Å². The molecule has 0 saturated carbocycles. The first-order valence-electron chi connectivity index (χ1n) is 6.84. The number of aliphatic carboxylic acids is 1. The van der Waals surface area contributed by atoms with Crippen LogP contribution in [0, 0.1) is 0 Å². The SMILES string of the molecule is CC1=N/C(=C/c2ccc3ccccc3c2)C(=O)N1CC(=O)O. The summed E-state index contributed by atoms with van der Waals surface area (Å²) in [6.07, 6.45) is 1.68. The fourth-order valence-electron chi connectivity index (χ4n) is 2.44. The van der Waals surface area contributed by atoms with Crippen molar-refractivity contribution in [1.29, 1.82) is 0 Å². The molecule has 0 fully saturated rings. The molecule has 0 atom stereocenters. The molecule has 0 radical (unpaired) electrons. The van der Waals surface area contributed by atoms with E-state index in [0.29, 0.717) is 5.84 Å². The van der Waals surface area contributed by atoms with E-state index in [1.165, 1.54) is 0 Å². The standard InChI is InChI=1S/C17H14N2O3/c1-11-18-15(17(22)19(11)10-16(20)21)9-12-6-7-13-4-2-3-5-14(13)8-12/h2-9H,10H2,1H3,(H,20,21)/b15-9+. The van der Waals surface area contributed by atoms with Crippen molar-refractivity contribution in [2.75, 3.05) is 6.54 Å². The lowest BCUT2D eigenvalue weighted by molar-refractivity contribution is -0.140. The van der Waals surface area contributed by atoms with Crippen LogP contribution in [0.3, 0.4) is 0 Å². The summed E-state index contributed by atoms with van der Waals surface area (Å²) in [6, 6.07) is 13.8. The molecule has 1 aliphatic heterocycles. The van der Waals surface area contributed by atoms with Gasteiger partial charge in [-0.3, -0.25) is 14.5 Å². The highest BCUT2D eigenvalue weighted by atomic mass is 16.4. The third-order valence-electron chi connectivity index (χ3n) is 3.51. The molecule has 5 heteroatoms. The molecule has 3 rings (SSSR count). The van der Waals surface area contributed by atoms with Gasteiger partial charge >= 0.3 is 5.97 Å². The lowest BCUT2D eigenvalue weighted by Crippen LogP contribution is -2.35. The minimum Gasteiger partial charge on any atom is -0.480 e. The van der Waals surface area contributed by atoms with E-state index in [9.17, 15) is 9.59 Å². The monoisotopic (exact) mass is 294 g/mol.